The number of hydrogen-bond donors (Lipinski definition) is 1. The summed E-state index contributed by atoms with van der Waals surface area (Å²) in [4.78, 5) is 0. The Kier molecular flexibility index (Phi) is 2.93. The van der Waals surface area contributed by atoms with Gasteiger partial charge in [-0.3, -0.25) is 0 Å². The molecule has 0 amide bonds. The molecule has 4 rings (SSSR count). The molecule has 1 unspecified atom stereocenters. The molecule has 110 valence electrons. The summed E-state index contributed by atoms with van der Waals surface area (Å²) in [5.41, 5.74) is 2.67. The second kappa shape index (κ2) is 4.57. The van der Waals surface area contributed by atoms with Gasteiger partial charge in [-0.15, -0.1) is 0 Å². The van der Waals surface area contributed by atoms with Gasteiger partial charge in [0.05, 0.1) is 13.2 Å². The molecule has 2 aliphatic carbocycles. The highest BCUT2D eigenvalue weighted by Gasteiger charge is 2.57. The van der Waals surface area contributed by atoms with Crippen LogP contribution in [0.2, 0.25) is 0 Å². The lowest BCUT2D eigenvalue weighted by Gasteiger charge is -2.56. The molecule has 4 nitrogen and oxygen atoms in total. The minimum Gasteiger partial charge on any atom is -0.376 e. The van der Waals surface area contributed by atoms with Crippen molar-refractivity contribution in [3.63, 3.8) is 0 Å². The summed E-state index contributed by atoms with van der Waals surface area (Å²) in [7, 11) is 0. The second-order valence-corrected chi connectivity index (χ2v) is 7.21. The first-order valence-corrected chi connectivity index (χ1v) is 7.95. The van der Waals surface area contributed by atoms with Gasteiger partial charge in [0.15, 0.2) is 0 Å². The third-order valence-electron chi connectivity index (χ3n) is 5.92. The normalized spacial score (nSPS) is 34.4. The lowest BCUT2D eigenvalue weighted by Crippen LogP contribution is -2.61. The molecular formula is C16H24N2O2. The van der Waals surface area contributed by atoms with E-state index >= 15 is 0 Å². The molecule has 0 bridgehead atoms. The van der Waals surface area contributed by atoms with Crippen LogP contribution in [-0.2, 0) is 24.3 Å². The molecule has 0 spiro atoms. The van der Waals surface area contributed by atoms with E-state index in [0.717, 1.165) is 42.9 Å². The van der Waals surface area contributed by atoms with Gasteiger partial charge in [0.25, 0.3) is 0 Å². The summed E-state index contributed by atoms with van der Waals surface area (Å²) in [5.74, 6) is 2.83. The maximum absolute atomic E-state index is 5.52. The summed E-state index contributed by atoms with van der Waals surface area (Å²) >= 11 is 0. The molecule has 0 saturated heterocycles. The molecule has 2 saturated carbocycles. The lowest BCUT2D eigenvalue weighted by molar-refractivity contribution is -0.0418. The van der Waals surface area contributed by atoms with Crippen molar-refractivity contribution in [2.45, 2.75) is 58.7 Å². The summed E-state index contributed by atoms with van der Waals surface area (Å²) < 4.78 is 11.0. The highest BCUT2D eigenvalue weighted by atomic mass is 16.5. The summed E-state index contributed by atoms with van der Waals surface area (Å²) in [6.45, 7) is 7.07. The van der Waals surface area contributed by atoms with Gasteiger partial charge in [-0.1, -0.05) is 25.4 Å². The Hall–Kier alpha value is -0.870. The monoisotopic (exact) mass is 276 g/mol. The van der Waals surface area contributed by atoms with Crippen LogP contribution in [0.4, 0.5) is 0 Å². The van der Waals surface area contributed by atoms with E-state index in [4.69, 9.17) is 9.26 Å². The molecule has 3 aliphatic rings. The Bertz CT molecular complexity index is 509. The molecule has 1 N–H and O–H groups in total. The van der Waals surface area contributed by atoms with E-state index in [0.29, 0.717) is 18.1 Å². The number of rotatable bonds is 3. The zero-order chi connectivity index (χ0) is 13.7. The first-order valence-electron chi connectivity index (χ1n) is 7.95. The average molecular weight is 276 g/mol. The SMILES string of the molecule is CC1(C)C(NCc2noc3c2COCC3)[C@@H]2CCC[C@@H]21. The number of aromatic nitrogens is 1. The topological polar surface area (TPSA) is 47.3 Å². The Labute approximate surface area is 120 Å². The fourth-order valence-corrected chi connectivity index (χ4v) is 4.82. The van der Waals surface area contributed by atoms with Crippen LogP contribution in [-0.4, -0.2) is 17.8 Å². The Morgan fingerprint density at radius 1 is 1.35 bits per heavy atom. The van der Waals surface area contributed by atoms with Crippen LogP contribution in [0, 0.1) is 17.3 Å². The van der Waals surface area contributed by atoms with Gasteiger partial charge in [0.1, 0.15) is 11.5 Å². The first kappa shape index (κ1) is 12.8. The van der Waals surface area contributed by atoms with Crippen molar-refractivity contribution in [2.75, 3.05) is 6.61 Å². The zero-order valence-electron chi connectivity index (χ0n) is 12.4. The van der Waals surface area contributed by atoms with Crippen molar-refractivity contribution in [3.8, 4) is 0 Å². The number of hydrogen-bond acceptors (Lipinski definition) is 4. The highest BCUT2D eigenvalue weighted by Crippen LogP contribution is 2.58. The van der Waals surface area contributed by atoms with E-state index < -0.39 is 0 Å². The average Bonchev–Trinajstić information content (AvgIpc) is 3.05. The first-order chi connectivity index (χ1) is 9.68. The highest BCUT2D eigenvalue weighted by molar-refractivity contribution is 5.24. The summed E-state index contributed by atoms with van der Waals surface area (Å²) in [6, 6.07) is 0.631. The Morgan fingerprint density at radius 3 is 3.15 bits per heavy atom. The summed E-state index contributed by atoms with van der Waals surface area (Å²) in [5, 5.41) is 8.00. The van der Waals surface area contributed by atoms with Crippen molar-refractivity contribution in [2.24, 2.45) is 17.3 Å². The Morgan fingerprint density at radius 2 is 2.25 bits per heavy atom. The van der Waals surface area contributed by atoms with Crippen molar-refractivity contribution in [3.05, 3.63) is 17.0 Å². The van der Waals surface area contributed by atoms with Gasteiger partial charge in [-0.25, -0.2) is 0 Å². The molecule has 0 aromatic carbocycles. The van der Waals surface area contributed by atoms with Gasteiger partial charge >= 0.3 is 0 Å². The van der Waals surface area contributed by atoms with Crippen LogP contribution >= 0.6 is 0 Å². The molecule has 4 heteroatoms. The fourth-order valence-electron chi connectivity index (χ4n) is 4.82. The lowest BCUT2D eigenvalue weighted by atomic mass is 9.53. The molecule has 20 heavy (non-hydrogen) atoms. The maximum atomic E-state index is 5.52. The largest absolute Gasteiger partial charge is 0.376 e. The molecular weight excluding hydrogens is 252 g/mol. The molecule has 2 heterocycles. The number of nitrogens with zero attached hydrogens (tertiary/aromatic N) is 1. The predicted octanol–water partition coefficient (Wildman–Crippen LogP) is 2.66. The van der Waals surface area contributed by atoms with Gasteiger partial charge in [-0.05, 0) is 30.1 Å². The van der Waals surface area contributed by atoms with Crippen LogP contribution < -0.4 is 5.32 Å². The van der Waals surface area contributed by atoms with E-state index in [9.17, 15) is 0 Å². The van der Waals surface area contributed by atoms with E-state index in [-0.39, 0.29) is 0 Å². The van der Waals surface area contributed by atoms with Crippen molar-refractivity contribution >= 4 is 0 Å². The molecule has 1 aromatic heterocycles. The quantitative estimate of drug-likeness (QED) is 0.922. The van der Waals surface area contributed by atoms with Crippen LogP contribution in [0.1, 0.15) is 50.1 Å². The van der Waals surface area contributed by atoms with Crippen molar-refractivity contribution < 1.29 is 9.26 Å². The van der Waals surface area contributed by atoms with Crippen molar-refractivity contribution in [1.29, 1.82) is 0 Å². The molecule has 1 aromatic rings. The zero-order valence-corrected chi connectivity index (χ0v) is 12.4. The molecule has 2 fully saturated rings. The fraction of sp³-hybridized carbons (Fsp3) is 0.812. The van der Waals surface area contributed by atoms with Crippen molar-refractivity contribution in [1.82, 2.24) is 10.5 Å². The minimum absolute atomic E-state index is 0.432. The van der Waals surface area contributed by atoms with Crippen LogP contribution in [0.15, 0.2) is 4.52 Å². The van der Waals surface area contributed by atoms with Gasteiger partial charge in [-0.2, -0.15) is 0 Å². The molecule has 3 atom stereocenters. The summed E-state index contributed by atoms with van der Waals surface area (Å²) in [6.07, 6.45) is 5.08. The molecule has 0 radical (unpaired) electrons. The molecule has 1 aliphatic heterocycles. The van der Waals surface area contributed by atoms with E-state index in [1.165, 1.54) is 24.8 Å². The van der Waals surface area contributed by atoms with E-state index in [1.807, 2.05) is 0 Å². The van der Waals surface area contributed by atoms with Gasteiger partial charge < -0.3 is 14.6 Å². The number of ether oxygens (including phenoxy) is 1. The van der Waals surface area contributed by atoms with Gasteiger partial charge in [0, 0.05) is 24.6 Å². The second-order valence-electron chi connectivity index (χ2n) is 7.21. The smallest absolute Gasteiger partial charge is 0.144 e. The third-order valence-corrected chi connectivity index (χ3v) is 5.92. The number of nitrogens with one attached hydrogen (secondary N) is 1. The third kappa shape index (κ3) is 1.77. The maximum Gasteiger partial charge on any atom is 0.144 e. The predicted molar refractivity (Wildman–Crippen MR) is 75.1 cm³/mol. The van der Waals surface area contributed by atoms with E-state index in [1.54, 1.807) is 0 Å². The van der Waals surface area contributed by atoms with Crippen LogP contribution in [0.25, 0.3) is 0 Å². The standard InChI is InChI=1S/C16H24N2O2/c1-16(2)12-5-3-4-10(12)15(16)17-8-13-11-9-19-7-6-14(11)20-18-13/h10,12,15,17H,3-9H2,1-2H3/t10-,12+,15?/m1/s1. The minimum atomic E-state index is 0.432. The Balaban J connectivity index is 1.45. The van der Waals surface area contributed by atoms with E-state index in [2.05, 4.69) is 24.3 Å². The number of fused-ring (bicyclic) bond motifs is 2. The van der Waals surface area contributed by atoms with Gasteiger partial charge in [0.2, 0.25) is 0 Å². The van der Waals surface area contributed by atoms with Crippen LogP contribution in [0.3, 0.4) is 0 Å². The van der Waals surface area contributed by atoms with Crippen LogP contribution in [0.5, 0.6) is 0 Å².